The second-order valence-corrected chi connectivity index (χ2v) is 6.85. The lowest BCUT2D eigenvalue weighted by Gasteiger charge is -2.37. The van der Waals surface area contributed by atoms with E-state index in [1.807, 2.05) is 0 Å². The molecule has 0 N–H and O–H groups in total. The molecule has 2 aliphatic rings. The number of hydrogen-bond donors (Lipinski definition) is 0. The van der Waals surface area contributed by atoms with Gasteiger partial charge < -0.3 is 14.5 Å². The maximum atomic E-state index is 5.42. The average molecular weight is 317 g/mol. The first-order chi connectivity index (χ1) is 11.3. The van der Waals surface area contributed by atoms with Crippen LogP contribution < -0.4 is 4.90 Å². The van der Waals surface area contributed by atoms with E-state index < -0.39 is 0 Å². The monoisotopic (exact) mass is 317 g/mol. The highest BCUT2D eigenvalue weighted by molar-refractivity contribution is 5.48. The Morgan fingerprint density at radius 1 is 1.04 bits per heavy atom. The molecular formula is C19H31N3O. The van der Waals surface area contributed by atoms with Crippen LogP contribution in [-0.4, -0.2) is 68.8 Å². The second-order valence-electron chi connectivity index (χ2n) is 6.85. The van der Waals surface area contributed by atoms with Crippen molar-refractivity contribution in [2.45, 2.75) is 32.4 Å². The van der Waals surface area contributed by atoms with Crippen molar-refractivity contribution in [1.29, 1.82) is 0 Å². The first kappa shape index (κ1) is 16.7. The van der Waals surface area contributed by atoms with E-state index in [9.17, 15) is 0 Å². The zero-order valence-electron chi connectivity index (χ0n) is 14.7. The van der Waals surface area contributed by atoms with E-state index in [4.69, 9.17) is 4.74 Å². The highest BCUT2D eigenvalue weighted by Gasteiger charge is 2.21. The smallest absolute Gasteiger partial charge is 0.0594 e. The average Bonchev–Trinajstić information content (AvgIpc) is 2.63. The van der Waals surface area contributed by atoms with Crippen molar-refractivity contribution in [2.24, 2.45) is 0 Å². The Kier molecular flexibility index (Phi) is 5.92. The molecule has 0 amide bonds. The predicted molar refractivity (Wildman–Crippen MR) is 96.1 cm³/mol. The normalized spacial score (nSPS) is 21.1. The lowest BCUT2D eigenvalue weighted by Crippen LogP contribution is -2.43. The second kappa shape index (κ2) is 8.13. The van der Waals surface area contributed by atoms with Gasteiger partial charge in [-0.2, -0.15) is 0 Å². The van der Waals surface area contributed by atoms with Crippen molar-refractivity contribution in [1.82, 2.24) is 9.80 Å². The molecule has 2 aliphatic heterocycles. The summed E-state index contributed by atoms with van der Waals surface area (Å²) < 4.78 is 5.42. The molecule has 0 radical (unpaired) electrons. The van der Waals surface area contributed by atoms with Crippen LogP contribution in [0, 0.1) is 0 Å². The Hall–Kier alpha value is -1.10. The van der Waals surface area contributed by atoms with Crippen molar-refractivity contribution in [3.8, 4) is 0 Å². The van der Waals surface area contributed by atoms with E-state index in [0.717, 1.165) is 45.4 Å². The summed E-state index contributed by atoms with van der Waals surface area (Å²) in [5.74, 6) is 0. The van der Waals surface area contributed by atoms with Gasteiger partial charge in [0.25, 0.3) is 0 Å². The Balaban J connectivity index is 1.51. The van der Waals surface area contributed by atoms with Crippen molar-refractivity contribution < 1.29 is 4.74 Å². The van der Waals surface area contributed by atoms with E-state index >= 15 is 0 Å². The lowest BCUT2D eigenvalue weighted by molar-refractivity contribution is 0.0342. The number of anilines is 1. The molecule has 2 fully saturated rings. The minimum Gasteiger partial charge on any atom is -0.379 e. The highest BCUT2D eigenvalue weighted by Crippen LogP contribution is 2.23. The molecule has 23 heavy (non-hydrogen) atoms. The molecule has 2 saturated heterocycles. The number of piperidine rings is 1. The first-order valence-electron chi connectivity index (χ1n) is 9.10. The Labute approximate surface area is 141 Å². The molecule has 0 atom stereocenters. The summed E-state index contributed by atoms with van der Waals surface area (Å²) >= 11 is 0. The van der Waals surface area contributed by atoms with E-state index in [1.165, 1.54) is 37.2 Å². The van der Waals surface area contributed by atoms with Gasteiger partial charge in [-0.1, -0.05) is 19.1 Å². The fourth-order valence-corrected chi connectivity index (χ4v) is 3.65. The molecule has 0 spiro atoms. The minimum atomic E-state index is 0.761. The van der Waals surface area contributed by atoms with E-state index in [-0.39, 0.29) is 0 Å². The molecule has 4 heteroatoms. The minimum absolute atomic E-state index is 0.761. The fourth-order valence-electron chi connectivity index (χ4n) is 3.65. The maximum Gasteiger partial charge on any atom is 0.0594 e. The number of benzene rings is 1. The van der Waals surface area contributed by atoms with Crippen LogP contribution in [0.25, 0.3) is 0 Å². The van der Waals surface area contributed by atoms with Crippen molar-refractivity contribution in [3.63, 3.8) is 0 Å². The molecule has 0 aliphatic carbocycles. The molecule has 0 bridgehead atoms. The number of ether oxygens (including phenoxy) is 1. The van der Waals surface area contributed by atoms with Gasteiger partial charge in [0.15, 0.2) is 0 Å². The standard InChI is InChI=1S/C19H31N3O/c1-3-20(2)18-8-10-22(11-9-18)19-6-4-17(5-7-19)16-21-12-14-23-15-13-21/h4-7,18H,3,8-16H2,1-2H3. The summed E-state index contributed by atoms with van der Waals surface area (Å²) in [5, 5.41) is 0. The largest absolute Gasteiger partial charge is 0.379 e. The SMILES string of the molecule is CCN(C)C1CCN(c2ccc(CN3CCOCC3)cc2)CC1. The molecule has 0 saturated carbocycles. The molecule has 3 rings (SSSR count). The maximum absolute atomic E-state index is 5.42. The van der Waals surface area contributed by atoms with Gasteiger partial charge in [-0.3, -0.25) is 4.90 Å². The van der Waals surface area contributed by atoms with E-state index in [0.29, 0.717) is 0 Å². The van der Waals surface area contributed by atoms with Crippen molar-refractivity contribution in [2.75, 3.05) is 57.9 Å². The summed E-state index contributed by atoms with van der Waals surface area (Å²) in [6.07, 6.45) is 2.56. The van der Waals surface area contributed by atoms with Gasteiger partial charge in [-0.15, -0.1) is 0 Å². The quantitative estimate of drug-likeness (QED) is 0.830. The molecule has 4 nitrogen and oxygen atoms in total. The van der Waals surface area contributed by atoms with Crippen LogP contribution in [0.4, 0.5) is 5.69 Å². The summed E-state index contributed by atoms with van der Waals surface area (Å²) in [5.41, 5.74) is 2.80. The molecule has 1 aromatic rings. The lowest BCUT2D eigenvalue weighted by atomic mass is 10.0. The summed E-state index contributed by atoms with van der Waals surface area (Å²) in [6, 6.07) is 9.97. The van der Waals surface area contributed by atoms with Gasteiger partial charge in [-0.25, -0.2) is 0 Å². The van der Waals surface area contributed by atoms with Crippen LogP contribution in [0.5, 0.6) is 0 Å². The van der Waals surface area contributed by atoms with Gasteiger partial charge in [0.1, 0.15) is 0 Å². The van der Waals surface area contributed by atoms with Crippen LogP contribution in [0.3, 0.4) is 0 Å². The molecule has 0 aromatic heterocycles. The summed E-state index contributed by atoms with van der Waals surface area (Å²) in [4.78, 5) is 7.51. The van der Waals surface area contributed by atoms with Crippen LogP contribution in [-0.2, 0) is 11.3 Å². The van der Waals surface area contributed by atoms with E-state index in [2.05, 4.69) is 52.9 Å². The predicted octanol–water partition coefficient (Wildman–Crippen LogP) is 2.44. The zero-order chi connectivity index (χ0) is 16.1. The first-order valence-corrected chi connectivity index (χ1v) is 9.10. The third-order valence-corrected chi connectivity index (χ3v) is 5.40. The van der Waals surface area contributed by atoms with Gasteiger partial charge in [0.2, 0.25) is 0 Å². The Morgan fingerprint density at radius 3 is 2.30 bits per heavy atom. The number of rotatable bonds is 5. The number of morpholine rings is 1. The van der Waals surface area contributed by atoms with Crippen LogP contribution >= 0.6 is 0 Å². The molecule has 0 unspecified atom stereocenters. The molecule has 1 aromatic carbocycles. The van der Waals surface area contributed by atoms with Gasteiger partial charge in [0, 0.05) is 44.5 Å². The number of hydrogen-bond acceptors (Lipinski definition) is 4. The van der Waals surface area contributed by atoms with Crippen LogP contribution in [0.15, 0.2) is 24.3 Å². The third-order valence-electron chi connectivity index (χ3n) is 5.40. The fraction of sp³-hybridized carbons (Fsp3) is 0.684. The summed E-state index contributed by atoms with van der Waals surface area (Å²) in [6.45, 7) is 10.7. The molecule has 2 heterocycles. The van der Waals surface area contributed by atoms with Crippen LogP contribution in [0.1, 0.15) is 25.3 Å². The third kappa shape index (κ3) is 4.46. The molecular weight excluding hydrogens is 286 g/mol. The number of nitrogens with zero attached hydrogens (tertiary/aromatic N) is 3. The van der Waals surface area contributed by atoms with E-state index in [1.54, 1.807) is 0 Å². The van der Waals surface area contributed by atoms with Gasteiger partial charge >= 0.3 is 0 Å². The topological polar surface area (TPSA) is 19.0 Å². The van der Waals surface area contributed by atoms with Crippen molar-refractivity contribution >= 4 is 5.69 Å². The zero-order valence-corrected chi connectivity index (χ0v) is 14.7. The molecule has 128 valence electrons. The van der Waals surface area contributed by atoms with Crippen molar-refractivity contribution in [3.05, 3.63) is 29.8 Å². The van der Waals surface area contributed by atoms with Crippen LogP contribution in [0.2, 0.25) is 0 Å². The highest BCUT2D eigenvalue weighted by atomic mass is 16.5. The summed E-state index contributed by atoms with van der Waals surface area (Å²) in [7, 11) is 2.25. The Morgan fingerprint density at radius 2 is 1.70 bits per heavy atom. The Bertz CT molecular complexity index is 462. The van der Waals surface area contributed by atoms with Gasteiger partial charge in [-0.05, 0) is 44.1 Å². The van der Waals surface area contributed by atoms with Gasteiger partial charge in [0.05, 0.1) is 13.2 Å².